The van der Waals surface area contributed by atoms with E-state index in [4.69, 9.17) is 0 Å². The second-order valence-electron chi connectivity index (χ2n) is 6.09. The lowest BCUT2D eigenvalue weighted by molar-refractivity contribution is 0.0948. The number of hydrogen-bond donors (Lipinski definition) is 3. The summed E-state index contributed by atoms with van der Waals surface area (Å²) in [7, 11) is 0. The SMILES string of the molecule is Cc1ccc(C(=O)NCCCNC(=O)c2cc(-c3ccccc3)n[nH]2)cn1. The van der Waals surface area contributed by atoms with Gasteiger partial charge in [-0.25, -0.2) is 0 Å². The van der Waals surface area contributed by atoms with Crippen molar-refractivity contribution in [3.63, 3.8) is 0 Å². The van der Waals surface area contributed by atoms with E-state index in [1.807, 2.05) is 37.3 Å². The molecule has 0 spiro atoms. The van der Waals surface area contributed by atoms with Gasteiger partial charge in [0.05, 0.1) is 11.3 Å². The maximum atomic E-state index is 12.2. The van der Waals surface area contributed by atoms with Crippen molar-refractivity contribution in [1.82, 2.24) is 25.8 Å². The normalized spacial score (nSPS) is 10.4. The molecule has 138 valence electrons. The third-order valence-electron chi connectivity index (χ3n) is 3.99. The quantitative estimate of drug-likeness (QED) is 0.561. The van der Waals surface area contributed by atoms with Gasteiger partial charge in [0.1, 0.15) is 5.69 Å². The Morgan fingerprint density at radius 3 is 2.44 bits per heavy atom. The Morgan fingerprint density at radius 1 is 1.00 bits per heavy atom. The number of carbonyl (C=O) groups excluding carboxylic acids is 2. The summed E-state index contributed by atoms with van der Waals surface area (Å²) in [6.07, 6.45) is 2.17. The van der Waals surface area contributed by atoms with Crippen LogP contribution in [-0.4, -0.2) is 40.1 Å². The minimum absolute atomic E-state index is 0.171. The van der Waals surface area contributed by atoms with Gasteiger partial charge in [-0.05, 0) is 31.5 Å². The highest BCUT2D eigenvalue weighted by Crippen LogP contribution is 2.16. The maximum absolute atomic E-state index is 12.2. The van der Waals surface area contributed by atoms with E-state index in [1.54, 1.807) is 24.4 Å². The van der Waals surface area contributed by atoms with E-state index in [2.05, 4.69) is 25.8 Å². The minimum Gasteiger partial charge on any atom is -0.352 e. The third kappa shape index (κ3) is 5.01. The number of H-pyrrole nitrogens is 1. The number of carbonyl (C=O) groups is 2. The van der Waals surface area contributed by atoms with Crippen LogP contribution in [0.15, 0.2) is 54.7 Å². The van der Waals surface area contributed by atoms with E-state index in [0.29, 0.717) is 30.8 Å². The van der Waals surface area contributed by atoms with Gasteiger partial charge in [0, 0.05) is 30.5 Å². The second-order valence-corrected chi connectivity index (χ2v) is 6.09. The van der Waals surface area contributed by atoms with Crippen LogP contribution in [-0.2, 0) is 0 Å². The Kier molecular flexibility index (Phi) is 5.94. The van der Waals surface area contributed by atoms with Gasteiger partial charge in [0.2, 0.25) is 0 Å². The van der Waals surface area contributed by atoms with Crippen molar-refractivity contribution in [2.45, 2.75) is 13.3 Å². The molecule has 3 aromatic rings. The molecule has 2 heterocycles. The molecule has 0 unspecified atom stereocenters. The van der Waals surface area contributed by atoms with E-state index in [-0.39, 0.29) is 11.8 Å². The number of aromatic amines is 1. The molecular weight excluding hydrogens is 342 g/mol. The minimum atomic E-state index is -0.223. The Morgan fingerprint density at radius 2 is 1.74 bits per heavy atom. The van der Waals surface area contributed by atoms with Crippen LogP contribution in [0.3, 0.4) is 0 Å². The van der Waals surface area contributed by atoms with Crippen molar-refractivity contribution in [2.75, 3.05) is 13.1 Å². The molecule has 0 fully saturated rings. The lowest BCUT2D eigenvalue weighted by Crippen LogP contribution is -2.30. The highest BCUT2D eigenvalue weighted by molar-refractivity contribution is 5.94. The van der Waals surface area contributed by atoms with Gasteiger partial charge in [-0.1, -0.05) is 30.3 Å². The Labute approximate surface area is 157 Å². The first-order valence-corrected chi connectivity index (χ1v) is 8.73. The summed E-state index contributed by atoms with van der Waals surface area (Å²) in [5, 5.41) is 12.5. The molecule has 0 radical (unpaired) electrons. The molecule has 0 aliphatic carbocycles. The Bertz CT molecular complexity index is 904. The lowest BCUT2D eigenvalue weighted by Gasteiger charge is -2.06. The van der Waals surface area contributed by atoms with Crippen molar-refractivity contribution >= 4 is 11.8 Å². The van der Waals surface area contributed by atoms with Crippen molar-refractivity contribution in [2.24, 2.45) is 0 Å². The average Bonchev–Trinajstić information content (AvgIpc) is 3.19. The monoisotopic (exact) mass is 363 g/mol. The molecule has 2 amide bonds. The van der Waals surface area contributed by atoms with Gasteiger partial charge >= 0.3 is 0 Å². The Hall–Kier alpha value is -3.48. The zero-order valence-electron chi connectivity index (χ0n) is 15.0. The van der Waals surface area contributed by atoms with E-state index in [1.165, 1.54) is 0 Å². The van der Waals surface area contributed by atoms with Crippen LogP contribution in [0.1, 0.15) is 33.0 Å². The molecule has 0 saturated heterocycles. The van der Waals surface area contributed by atoms with E-state index in [9.17, 15) is 9.59 Å². The number of aryl methyl sites for hydroxylation is 1. The summed E-state index contributed by atoms with van der Waals surface area (Å²) < 4.78 is 0. The summed E-state index contributed by atoms with van der Waals surface area (Å²) >= 11 is 0. The summed E-state index contributed by atoms with van der Waals surface area (Å²) in [6.45, 7) is 2.78. The molecule has 3 rings (SSSR count). The number of nitrogens with zero attached hydrogens (tertiary/aromatic N) is 2. The van der Waals surface area contributed by atoms with E-state index >= 15 is 0 Å². The van der Waals surface area contributed by atoms with Gasteiger partial charge in [-0.3, -0.25) is 19.7 Å². The number of benzene rings is 1. The smallest absolute Gasteiger partial charge is 0.269 e. The molecule has 0 saturated carbocycles. The molecule has 3 N–H and O–H groups in total. The number of amides is 2. The van der Waals surface area contributed by atoms with Crippen LogP contribution >= 0.6 is 0 Å². The van der Waals surface area contributed by atoms with Crippen molar-refractivity contribution in [1.29, 1.82) is 0 Å². The number of rotatable bonds is 7. The number of pyridine rings is 1. The fraction of sp³-hybridized carbons (Fsp3) is 0.200. The summed E-state index contributed by atoms with van der Waals surface area (Å²) in [5.74, 6) is -0.395. The molecule has 27 heavy (non-hydrogen) atoms. The van der Waals surface area contributed by atoms with Gasteiger partial charge < -0.3 is 10.6 Å². The number of hydrogen-bond acceptors (Lipinski definition) is 4. The lowest BCUT2D eigenvalue weighted by atomic mass is 10.1. The van der Waals surface area contributed by atoms with Crippen LogP contribution < -0.4 is 10.6 Å². The molecule has 2 aromatic heterocycles. The van der Waals surface area contributed by atoms with Crippen LogP contribution in [0.25, 0.3) is 11.3 Å². The number of nitrogens with one attached hydrogen (secondary N) is 3. The van der Waals surface area contributed by atoms with Gasteiger partial charge in [-0.2, -0.15) is 5.10 Å². The van der Waals surface area contributed by atoms with Crippen LogP contribution in [0, 0.1) is 6.92 Å². The summed E-state index contributed by atoms with van der Waals surface area (Å²) in [4.78, 5) is 28.2. The Balaban J connectivity index is 1.40. The largest absolute Gasteiger partial charge is 0.352 e. The van der Waals surface area contributed by atoms with Crippen LogP contribution in [0.5, 0.6) is 0 Å². The molecule has 7 heteroatoms. The first-order valence-electron chi connectivity index (χ1n) is 8.73. The third-order valence-corrected chi connectivity index (χ3v) is 3.99. The van der Waals surface area contributed by atoms with Gasteiger partial charge in [0.25, 0.3) is 11.8 Å². The van der Waals surface area contributed by atoms with Crippen LogP contribution in [0.2, 0.25) is 0 Å². The first-order chi connectivity index (χ1) is 13.1. The first kappa shape index (κ1) is 18.3. The number of aromatic nitrogens is 3. The molecule has 0 aliphatic heterocycles. The zero-order valence-corrected chi connectivity index (χ0v) is 15.0. The molecule has 0 aliphatic rings. The second kappa shape index (κ2) is 8.75. The van der Waals surface area contributed by atoms with Gasteiger partial charge in [-0.15, -0.1) is 0 Å². The van der Waals surface area contributed by atoms with Gasteiger partial charge in [0.15, 0.2) is 0 Å². The predicted molar refractivity (Wildman–Crippen MR) is 102 cm³/mol. The van der Waals surface area contributed by atoms with Crippen LogP contribution in [0.4, 0.5) is 0 Å². The molecular formula is C20H21N5O2. The topological polar surface area (TPSA) is 99.8 Å². The molecule has 1 aromatic carbocycles. The molecule has 7 nitrogen and oxygen atoms in total. The zero-order chi connectivity index (χ0) is 19.1. The van der Waals surface area contributed by atoms with E-state index in [0.717, 1.165) is 17.0 Å². The average molecular weight is 363 g/mol. The fourth-order valence-electron chi connectivity index (χ4n) is 2.49. The summed E-state index contributed by atoms with van der Waals surface area (Å²) in [5.41, 5.74) is 3.46. The molecule has 0 bridgehead atoms. The maximum Gasteiger partial charge on any atom is 0.269 e. The predicted octanol–water partition coefficient (Wildman–Crippen LogP) is 2.33. The highest BCUT2D eigenvalue weighted by Gasteiger charge is 2.10. The molecule has 0 atom stereocenters. The fourth-order valence-corrected chi connectivity index (χ4v) is 2.49. The van der Waals surface area contributed by atoms with E-state index < -0.39 is 0 Å². The summed E-state index contributed by atoms with van der Waals surface area (Å²) in [6, 6.07) is 14.9. The highest BCUT2D eigenvalue weighted by atomic mass is 16.2. The van der Waals surface area contributed by atoms with Crippen molar-refractivity contribution < 1.29 is 9.59 Å². The van der Waals surface area contributed by atoms with Crippen molar-refractivity contribution in [3.05, 3.63) is 71.7 Å². The van der Waals surface area contributed by atoms with Crippen molar-refractivity contribution in [3.8, 4) is 11.3 Å². The standard InChI is InChI=1S/C20H21N5O2/c1-14-8-9-16(13-23-14)19(26)21-10-5-11-22-20(27)18-12-17(24-25-18)15-6-3-2-4-7-15/h2-4,6-9,12-13H,5,10-11H2,1H3,(H,21,26)(H,22,27)(H,24,25).